The molecule has 0 saturated carbocycles. The maximum absolute atomic E-state index is 13.2. The predicted molar refractivity (Wildman–Crippen MR) is 149 cm³/mol. The molecule has 5 rings (SSSR count). The Kier molecular flexibility index (Phi) is 7.88. The lowest BCUT2D eigenvalue weighted by Crippen LogP contribution is -2.47. The number of H-pyrrole nitrogens is 1. The van der Waals surface area contributed by atoms with E-state index >= 15 is 0 Å². The number of nitrogens with zero attached hydrogens (tertiary/aromatic N) is 3. The van der Waals surface area contributed by atoms with Crippen LogP contribution in [0.25, 0.3) is 23.1 Å². The molecule has 36 heavy (non-hydrogen) atoms. The van der Waals surface area contributed by atoms with Crippen LogP contribution >= 0.6 is 23.7 Å². The van der Waals surface area contributed by atoms with Crippen LogP contribution in [-0.2, 0) is 0 Å². The molecule has 1 aliphatic rings. The van der Waals surface area contributed by atoms with Gasteiger partial charge >= 0.3 is 0 Å². The van der Waals surface area contributed by atoms with Crippen LogP contribution in [0.3, 0.4) is 0 Å². The molecule has 0 spiro atoms. The number of likely N-dealkylation sites (N-methyl/N-ethyl adjacent to an activating group) is 1. The number of rotatable bonds is 5. The van der Waals surface area contributed by atoms with Crippen molar-refractivity contribution < 1.29 is 9.59 Å². The summed E-state index contributed by atoms with van der Waals surface area (Å²) in [7, 11) is 2.06. The highest BCUT2D eigenvalue weighted by Crippen LogP contribution is 2.25. The first kappa shape index (κ1) is 25.6. The molecule has 2 N–H and O–H groups in total. The number of piperazine rings is 1. The zero-order valence-corrected chi connectivity index (χ0v) is 21.8. The van der Waals surface area contributed by atoms with E-state index in [2.05, 4.69) is 27.5 Å². The van der Waals surface area contributed by atoms with Gasteiger partial charge in [-0.1, -0.05) is 30.3 Å². The molecule has 2 aromatic heterocycles. The summed E-state index contributed by atoms with van der Waals surface area (Å²) in [5, 5.41) is 13.4. The van der Waals surface area contributed by atoms with Crippen molar-refractivity contribution >= 4 is 64.3 Å². The molecule has 1 saturated heterocycles. The minimum atomic E-state index is -0.179. The van der Waals surface area contributed by atoms with Crippen LogP contribution in [0.2, 0.25) is 0 Å². The van der Waals surface area contributed by atoms with Gasteiger partial charge in [0.05, 0.1) is 16.1 Å². The number of anilines is 1. The van der Waals surface area contributed by atoms with Crippen LogP contribution in [0.4, 0.5) is 5.69 Å². The number of fused-ring (bicyclic) bond motifs is 1. The normalized spacial score (nSPS) is 14.2. The fourth-order valence-corrected chi connectivity index (χ4v) is 5.02. The minimum Gasteiger partial charge on any atom is -0.336 e. The SMILES string of the molecule is Cc1ccsc1C(=O)Nc1cc(C(=O)N2CCN(C)CC2)ccc1C=Cc1n[nH]c2ccccc12.Cl. The van der Waals surface area contributed by atoms with Crippen molar-refractivity contribution in [3.8, 4) is 0 Å². The number of aromatic amines is 1. The van der Waals surface area contributed by atoms with E-state index < -0.39 is 0 Å². The number of hydrogen-bond acceptors (Lipinski definition) is 5. The Morgan fingerprint density at radius 3 is 2.58 bits per heavy atom. The van der Waals surface area contributed by atoms with E-state index in [1.165, 1.54) is 11.3 Å². The van der Waals surface area contributed by atoms with Crippen molar-refractivity contribution in [2.75, 3.05) is 38.5 Å². The van der Waals surface area contributed by atoms with Gasteiger partial charge in [-0.2, -0.15) is 5.10 Å². The van der Waals surface area contributed by atoms with Crippen LogP contribution in [0.5, 0.6) is 0 Å². The summed E-state index contributed by atoms with van der Waals surface area (Å²) in [6.45, 7) is 5.01. The largest absolute Gasteiger partial charge is 0.336 e. The van der Waals surface area contributed by atoms with Crippen LogP contribution in [-0.4, -0.2) is 65.0 Å². The second-order valence-corrected chi connectivity index (χ2v) is 9.69. The smallest absolute Gasteiger partial charge is 0.266 e. The highest BCUT2D eigenvalue weighted by molar-refractivity contribution is 7.12. The number of aryl methyl sites for hydroxylation is 1. The summed E-state index contributed by atoms with van der Waals surface area (Å²) in [5.41, 5.74) is 4.66. The Morgan fingerprint density at radius 2 is 1.83 bits per heavy atom. The molecule has 186 valence electrons. The number of thiophene rings is 1. The molecule has 2 aromatic carbocycles. The monoisotopic (exact) mass is 521 g/mol. The molecule has 1 aliphatic heterocycles. The summed E-state index contributed by atoms with van der Waals surface area (Å²) >= 11 is 1.40. The van der Waals surface area contributed by atoms with Crippen molar-refractivity contribution in [2.45, 2.75) is 6.92 Å². The lowest BCUT2D eigenvalue weighted by atomic mass is 10.1. The van der Waals surface area contributed by atoms with Crippen molar-refractivity contribution in [1.82, 2.24) is 20.0 Å². The quantitative estimate of drug-likeness (QED) is 0.380. The molecule has 2 amide bonds. The van der Waals surface area contributed by atoms with Crippen molar-refractivity contribution in [2.24, 2.45) is 0 Å². The first-order valence-electron chi connectivity index (χ1n) is 11.6. The van der Waals surface area contributed by atoms with E-state index in [1.54, 1.807) is 6.07 Å². The fourth-order valence-electron chi connectivity index (χ4n) is 4.20. The fraction of sp³-hybridized carbons (Fsp3) is 0.222. The third kappa shape index (κ3) is 5.36. The van der Waals surface area contributed by atoms with Gasteiger partial charge in [-0.25, -0.2) is 0 Å². The highest BCUT2D eigenvalue weighted by atomic mass is 35.5. The van der Waals surface area contributed by atoms with Gasteiger partial charge in [-0.3, -0.25) is 14.7 Å². The molecule has 0 aliphatic carbocycles. The standard InChI is InChI=1S/C27H27N5O2S.ClH/c1-18-11-16-35-25(18)26(33)28-24-17-20(27(34)32-14-12-31(2)13-15-32)8-7-19(24)9-10-23-21-5-3-4-6-22(21)29-30-23;/h3-11,16-17H,12-15H2,1-2H3,(H,28,33)(H,29,30);1H. The molecule has 4 aromatic rings. The molecule has 0 radical (unpaired) electrons. The van der Waals surface area contributed by atoms with E-state index in [0.717, 1.165) is 40.8 Å². The first-order valence-corrected chi connectivity index (χ1v) is 12.5. The number of carbonyl (C=O) groups excluding carboxylic acids is 2. The predicted octanol–water partition coefficient (Wildman–Crippen LogP) is 5.16. The number of hydrogen-bond donors (Lipinski definition) is 2. The molecule has 9 heteroatoms. The molecule has 0 unspecified atom stereocenters. The topological polar surface area (TPSA) is 81.3 Å². The third-order valence-corrected chi connectivity index (χ3v) is 7.34. The van der Waals surface area contributed by atoms with E-state index in [9.17, 15) is 9.59 Å². The number of carbonyl (C=O) groups is 2. The van der Waals surface area contributed by atoms with Gasteiger partial charge in [0.25, 0.3) is 11.8 Å². The maximum Gasteiger partial charge on any atom is 0.266 e. The minimum absolute atomic E-state index is 0. The van der Waals surface area contributed by atoms with Crippen LogP contribution < -0.4 is 5.32 Å². The Hall–Kier alpha value is -3.46. The van der Waals surface area contributed by atoms with Gasteiger partial charge in [0.15, 0.2) is 0 Å². The zero-order chi connectivity index (χ0) is 24.4. The molecular formula is C27H28ClN5O2S. The summed E-state index contributed by atoms with van der Waals surface area (Å²) in [4.78, 5) is 31.0. The molecule has 3 heterocycles. The van der Waals surface area contributed by atoms with Gasteiger partial charge in [0.2, 0.25) is 0 Å². The third-order valence-electron chi connectivity index (χ3n) is 6.33. The van der Waals surface area contributed by atoms with Gasteiger partial charge in [-0.15, -0.1) is 23.7 Å². The van der Waals surface area contributed by atoms with Crippen molar-refractivity contribution in [3.05, 3.63) is 81.2 Å². The average molecular weight is 522 g/mol. The van der Waals surface area contributed by atoms with E-state index in [-0.39, 0.29) is 24.2 Å². The second kappa shape index (κ2) is 11.1. The van der Waals surface area contributed by atoms with Gasteiger partial charge < -0.3 is 15.1 Å². The van der Waals surface area contributed by atoms with Gasteiger partial charge in [0, 0.05) is 42.8 Å². The summed E-state index contributed by atoms with van der Waals surface area (Å²) in [6.07, 6.45) is 3.84. The summed E-state index contributed by atoms with van der Waals surface area (Å²) in [5.74, 6) is -0.198. The Balaban J connectivity index is 0.00000304. The van der Waals surface area contributed by atoms with E-state index in [4.69, 9.17) is 0 Å². The Labute approximate surface area is 220 Å². The lowest BCUT2D eigenvalue weighted by molar-refractivity contribution is 0.0664. The number of benzene rings is 2. The zero-order valence-electron chi connectivity index (χ0n) is 20.2. The molecule has 7 nitrogen and oxygen atoms in total. The van der Waals surface area contributed by atoms with Crippen molar-refractivity contribution in [1.29, 1.82) is 0 Å². The Morgan fingerprint density at radius 1 is 1.06 bits per heavy atom. The molecule has 0 bridgehead atoms. The van der Waals surface area contributed by atoms with E-state index in [0.29, 0.717) is 29.2 Å². The number of para-hydroxylation sites is 1. The molecule has 0 atom stereocenters. The lowest BCUT2D eigenvalue weighted by Gasteiger charge is -2.32. The molecule has 1 fully saturated rings. The van der Waals surface area contributed by atoms with Gasteiger partial charge in [0.1, 0.15) is 0 Å². The first-order chi connectivity index (χ1) is 17.0. The number of amides is 2. The molecular weight excluding hydrogens is 494 g/mol. The van der Waals surface area contributed by atoms with Crippen LogP contribution in [0.15, 0.2) is 53.9 Å². The van der Waals surface area contributed by atoms with Crippen LogP contribution in [0.1, 0.15) is 36.9 Å². The maximum atomic E-state index is 13.2. The summed E-state index contributed by atoms with van der Waals surface area (Å²) < 4.78 is 0. The summed E-state index contributed by atoms with van der Waals surface area (Å²) in [6, 6.07) is 15.3. The Bertz CT molecular complexity index is 1420. The van der Waals surface area contributed by atoms with Crippen molar-refractivity contribution in [3.63, 3.8) is 0 Å². The van der Waals surface area contributed by atoms with Gasteiger partial charge in [-0.05, 0) is 60.8 Å². The second-order valence-electron chi connectivity index (χ2n) is 8.77. The number of halogens is 1. The van der Waals surface area contributed by atoms with Crippen LogP contribution in [0, 0.1) is 6.92 Å². The van der Waals surface area contributed by atoms with E-state index in [1.807, 2.05) is 71.8 Å². The average Bonchev–Trinajstić information content (AvgIpc) is 3.49. The highest BCUT2D eigenvalue weighted by Gasteiger charge is 2.21. The number of nitrogens with one attached hydrogen (secondary N) is 2. The number of aromatic nitrogens is 2.